The normalized spacial score (nSPS) is 21.7. The van der Waals surface area contributed by atoms with Crippen LogP contribution < -0.4 is 5.32 Å². The van der Waals surface area contributed by atoms with Crippen LogP contribution >= 0.6 is 0 Å². The molecule has 0 spiro atoms. The molecular weight excluding hydrogens is 370 g/mol. The number of aromatic nitrogens is 3. The maximum Gasteiger partial charge on any atom is 0.253 e. The Morgan fingerprint density at radius 2 is 2.07 bits per heavy atom. The molecular formula is C21H31N5O3. The molecule has 0 aromatic carbocycles. The molecule has 2 aliphatic rings. The molecule has 29 heavy (non-hydrogen) atoms. The van der Waals surface area contributed by atoms with Crippen molar-refractivity contribution in [2.75, 3.05) is 46.1 Å². The van der Waals surface area contributed by atoms with Crippen LogP contribution in [0.2, 0.25) is 0 Å². The van der Waals surface area contributed by atoms with Gasteiger partial charge in [-0.05, 0) is 33.3 Å². The maximum absolute atomic E-state index is 13.0. The number of nitrogens with zero attached hydrogens (tertiary/aromatic N) is 4. The van der Waals surface area contributed by atoms with Gasteiger partial charge in [0.25, 0.3) is 5.91 Å². The van der Waals surface area contributed by atoms with Crippen LogP contribution in [0.25, 0.3) is 11.0 Å². The minimum atomic E-state index is -0.0774. The lowest BCUT2D eigenvalue weighted by Gasteiger charge is -2.37. The van der Waals surface area contributed by atoms with Gasteiger partial charge in [-0.1, -0.05) is 0 Å². The van der Waals surface area contributed by atoms with Crippen LogP contribution in [-0.2, 0) is 9.47 Å². The molecule has 0 bridgehead atoms. The summed E-state index contributed by atoms with van der Waals surface area (Å²) in [5, 5.41) is 8.47. The van der Waals surface area contributed by atoms with E-state index in [1.54, 1.807) is 6.20 Å². The Kier molecular flexibility index (Phi) is 6.12. The van der Waals surface area contributed by atoms with Crippen molar-refractivity contribution >= 4 is 16.9 Å². The molecule has 4 heterocycles. The van der Waals surface area contributed by atoms with Gasteiger partial charge in [-0.2, -0.15) is 5.10 Å². The Labute approximate surface area is 171 Å². The van der Waals surface area contributed by atoms with Crippen molar-refractivity contribution in [3.8, 4) is 0 Å². The van der Waals surface area contributed by atoms with Gasteiger partial charge in [0.2, 0.25) is 0 Å². The summed E-state index contributed by atoms with van der Waals surface area (Å²) in [6.07, 6.45) is 2.82. The summed E-state index contributed by atoms with van der Waals surface area (Å²) in [6.45, 7) is 11.5. The van der Waals surface area contributed by atoms with E-state index >= 15 is 0 Å². The summed E-state index contributed by atoms with van der Waals surface area (Å²) in [7, 11) is 0. The predicted octanol–water partition coefficient (Wildman–Crippen LogP) is 1.79. The molecule has 8 heteroatoms. The number of pyridine rings is 1. The first kappa shape index (κ1) is 20.3. The number of hydrogen-bond acceptors (Lipinski definition) is 6. The Morgan fingerprint density at radius 1 is 1.28 bits per heavy atom. The minimum Gasteiger partial charge on any atom is -0.381 e. The van der Waals surface area contributed by atoms with Gasteiger partial charge in [0, 0.05) is 49.6 Å². The lowest BCUT2D eigenvalue weighted by molar-refractivity contribution is 0.00166. The fraction of sp³-hybridized carbons (Fsp3) is 0.667. The van der Waals surface area contributed by atoms with E-state index in [9.17, 15) is 4.79 Å². The Morgan fingerprint density at radius 3 is 2.76 bits per heavy atom. The summed E-state index contributed by atoms with van der Waals surface area (Å²) in [4.78, 5) is 20.1. The number of carbonyl (C=O) groups excluding carboxylic acids is 1. The fourth-order valence-corrected chi connectivity index (χ4v) is 4.33. The van der Waals surface area contributed by atoms with Gasteiger partial charge in [-0.3, -0.25) is 9.69 Å². The molecule has 1 N–H and O–H groups in total. The maximum atomic E-state index is 13.0. The summed E-state index contributed by atoms with van der Waals surface area (Å²) >= 11 is 0. The van der Waals surface area contributed by atoms with Gasteiger partial charge in [0.15, 0.2) is 5.65 Å². The zero-order chi connectivity index (χ0) is 20.4. The number of ether oxygens (including phenoxy) is 2. The quantitative estimate of drug-likeness (QED) is 0.795. The van der Waals surface area contributed by atoms with Crippen molar-refractivity contribution in [3.63, 3.8) is 0 Å². The SMILES string of the molecule is Cc1nc2c(cnn2C(C)C)cc1C(=O)NCC(C1CCOC1)N1CCOCC1. The number of morpholine rings is 1. The van der Waals surface area contributed by atoms with Gasteiger partial charge in [-0.25, -0.2) is 9.67 Å². The number of nitrogens with one attached hydrogen (secondary N) is 1. The summed E-state index contributed by atoms with van der Waals surface area (Å²) < 4.78 is 13.0. The molecule has 0 radical (unpaired) electrons. The molecule has 2 atom stereocenters. The van der Waals surface area contributed by atoms with Gasteiger partial charge >= 0.3 is 0 Å². The first-order valence-corrected chi connectivity index (χ1v) is 10.6. The van der Waals surface area contributed by atoms with Gasteiger partial charge in [0.05, 0.1) is 37.3 Å². The first-order valence-electron chi connectivity index (χ1n) is 10.6. The third kappa shape index (κ3) is 4.29. The van der Waals surface area contributed by atoms with Crippen molar-refractivity contribution < 1.29 is 14.3 Å². The smallest absolute Gasteiger partial charge is 0.253 e. The number of aryl methyl sites for hydroxylation is 1. The molecule has 8 nitrogen and oxygen atoms in total. The van der Waals surface area contributed by atoms with E-state index in [1.807, 2.05) is 17.7 Å². The molecule has 2 fully saturated rings. The molecule has 2 aliphatic heterocycles. The van der Waals surface area contributed by atoms with Crippen molar-refractivity contribution in [2.24, 2.45) is 5.92 Å². The van der Waals surface area contributed by atoms with E-state index in [1.165, 1.54) is 0 Å². The highest BCUT2D eigenvalue weighted by Gasteiger charge is 2.32. The number of rotatable bonds is 6. The molecule has 158 valence electrons. The summed E-state index contributed by atoms with van der Waals surface area (Å²) in [6, 6.07) is 2.40. The predicted molar refractivity (Wildman–Crippen MR) is 110 cm³/mol. The van der Waals surface area contributed by atoms with E-state index in [0.29, 0.717) is 18.0 Å². The largest absolute Gasteiger partial charge is 0.381 e. The Hall–Kier alpha value is -2.03. The van der Waals surface area contributed by atoms with Gasteiger partial charge in [-0.15, -0.1) is 0 Å². The monoisotopic (exact) mass is 401 g/mol. The highest BCUT2D eigenvalue weighted by atomic mass is 16.5. The average molecular weight is 402 g/mol. The highest BCUT2D eigenvalue weighted by Crippen LogP contribution is 2.23. The van der Waals surface area contributed by atoms with Gasteiger partial charge < -0.3 is 14.8 Å². The van der Waals surface area contributed by atoms with Crippen LogP contribution in [0.15, 0.2) is 12.3 Å². The van der Waals surface area contributed by atoms with Gasteiger partial charge in [0.1, 0.15) is 0 Å². The van der Waals surface area contributed by atoms with Crippen molar-refractivity contribution in [2.45, 2.75) is 39.3 Å². The third-order valence-electron chi connectivity index (χ3n) is 5.99. The van der Waals surface area contributed by atoms with Crippen LogP contribution in [-0.4, -0.2) is 77.7 Å². The van der Waals surface area contributed by atoms with Crippen molar-refractivity contribution in [1.82, 2.24) is 25.0 Å². The zero-order valence-corrected chi connectivity index (χ0v) is 17.6. The summed E-state index contributed by atoms with van der Waals surface area (Å²) in [5.74, 6) is 0.366. The average Bonchev–Trinajstić information content (AvgIpc) is 3.38. The molecule has 2 aromatic rings. The highest BCUT2D eigenvalue weighted by molar-refractivity contribution is 5.98. The van der Waals surface area contributed by atoms with Crippen molar-refractivity contribution in [3.05, 3.63) is 23.5 Å². The lowest BCUT2D eigenvalue weighted by Crippen LogP contribution is -2.52. The molecule has 1 amide bonds. The summed E-state index contributed by atoms with van der Waals surface area (Å²) in [5.41, 5.74) is 2.16. The standard InChI is InChI=1S/C21H31N5O3/c1-14(2)26-20-17(11-23-26)10-18(15(3)24-20)21(27)22-12-19(16-4-7-29-13-16)25-5-8-28-9-6-25/h10-11,14,16,19H,4-9,12-13H2,1-3H3,(H,22,27). The third-order valence-corrected chi connectivity index (χ3v) is 5.99. The van der Waals surface area contributed by atoms with Crippen molar-refractivity contribution in [1.29, 1.82) is 0 Å². The van der Waals surface area contributed by atoms with E-state index in [-0.39, 0.29) is 18.0 Å². The second-order valence-electron chi connectivity index (χ2n) is 8.27. The molecule has 4 rings (SSSR count). The van der Waals surface area contributed by atoms with E-state index in [2.05, 4.69) is 34.1 Å². The van der Waals surface area contributed by atoms with Crippen LogP contribution in [0.5, 0.6) is 0 Å². The number of carbonyl (C=O) groups is 1. The van der Waals surface area contributed by atoms with Crippen LogP contribution in [0.3, 0.4) is 0 Å². The Balaban J connectivity index is 1.49. The molecule has 2 unspecified atom stereocenters. The second kappa shape index (κ2) is 8.77. The zero-order valence-electron chi connectivity index (χ0n) is 17.6. The Bertz CT molecular complexity index is 853. The fourth-order valence-electron chi connectivity index (χ4n) is 4.33. The molecule has 2 saturated heterocycles. The van der Waals surface area contributed by atoms with Crippen LogP contribution in [0, 0.1) is 12.8 Å². The topological polar surface area (TPSA) is 81.5 Å². The van der Waals surface area contributed by atoms with Crippen LogP contribution in [0.4, 0.5) is 0 Å². The molecule has 0 aliphatic carbocycles. The lowest BCUT2D eigenvalue weighted by atomic mass is 9.96. The number of fused-ring (bicyclic) bond motifs is 1. The second-order valence-corrected chi connectivity index (χ2v) is 8.27. The molecule has 2 aromatic heterocycles. The van der Waals surface area contributed by atoms with E-state index < -0.39 is 0 Å². The van der Waals surface area contributed by atoms with E-state index in [4.69, 9.17) is 9.47 Å². The number of amides is 1. The number of hydrogen-bond donors (Lipinski definition) is 1. The molecule has 0 saturated carbocycles. The van der Waals surface area contributed by atoms with Crippen LogP contribution in [0.1, 0.15) is 42.4 Å². The van der Waals surface area contributed by atoms with E-state index in [0.717, 1.165) is 62.7 Å². The minimum absolute atomic E-state index is 0.0774. The first-order chi connectivity index (χ1) is 14.0.